The maximum atomic E-state index is 13.3. The third-order valence-corrected chi connectivity index (χ3v) is 2.82. The van der Waals surface area contributed by atoms with E-state index in [9.17, 15) is 9.18 Å². The Morgan fingerprint density at radius 3 is 2.53 bits per heavy atom. The molecule has 0 atom stereocenters. The first-order chi connectivity index (χ1) is 6.99. The molecule has 1 aromatic rings. The lowest BCUT2D eigenvalue weighted by Crippen LogP contribution is -2.10. The molecule has 0 unspecified atom stereocenters. The van der Waals surface area contributed by atoms with Crippen molar-refractivity contribution in [2.75, 3.05) is 7.11 Å². The molecule has 0 saturated heterocycles. The third-order valence-electron chi connectivity index (χ3n) is 2.05. The van der Waals surface area contributed by atoms with E-state index >= 15 is 0 Å². The minimum atomic E-state index is -0.459. The average molecular weight is 275 g/mol. The number of ether oxygens (including phenoxy) is 1. The predicted octanol–water partition coefficient (Wildman–Crippen LogP) is 3.44. The number of methoxy groups -OCH3 is 1. The van der Waals surface area contributed by atoms with Crippen LogP contribution in [0.25, 0.3) is 0 Å². The van der Waals surface area contributed by atoms with Crippen LogP contribution in [0.1, 0.15) is 24.2 Å². The molecule has 1 aromatic carbocycles. The summed E-state index contributed by atoms with van der Waals surface area (Å²) < 4.78 is 18.5. The molecular formula is C11H12BrFO2. The summed E-state index contributed by atoms with van der Waals surface area (Å²) in [7, 11) is 1.46. The number of benzene rings is 1. The summed E-state index contributed by atoms with van der Waals surface area (Å²) >= 11 is 3.06. The summed E-state index contributed by atoms with van der Waals surface area (Å²) in [4.78, 5) is 11.8. The van der Waals surface area contributed by atoms with Gasteiger partial charge in [-0.1, -0.05) is 13.8 Å². The molecule has 1 rings (SSSR count). The molecule has 0 amide bonds. The van der Waals surface area contributed by atoms with E-state index in [1.807, 2.05) is 0 Å². The number of hydrogen-bond acceptors (Lipinski definition) is 2. The molecule has 82 valence electrons. The fourth-order valence-corrected chi connectivity index (χ4v) is 1.74. The normalized spacial score (nSPS) is 10.5. The van der Waals surface area contributed by atoms with Crippen molar-refractivity contribution in [2.45, 2.75) is 13.8 Å². The SMILES string of the molecule is COc1ccc(F)c(Br)c1C(=O)C(C)C. The van der Waals surface area contributed by atoms with Crippen LogP contribution < -0.4 is 4.74 Å². The number of rotatable bonds is 3. The number of Topliss-reactive ketones (excluding diaryl/α,β-unsaturated/α-hetero) is 1. The van der Waals surface area contributed by atoms with Crippen LogP contribution >= 0.6 is 15.9 Å². The second-order valence-electron chi connectivity index (χ2n) is 3.46. The van der Waals surface area contributed by atoms with Crippen LogP contribution in [-0.4, -0.2) is 12.9 Å². The Balaban J connectivity index is 3.36. The van der Waals surface area contributed by atoms with Crippen LogP contribution in [-0.2, 0) is 0 Å². The van der Waals surface area contributed by atoms with E-state index in [4.69, 9.17) is 4.74 Å². The van der Waals surface area contributed by atoms with Gasteiger partial charge in [0.2, 0.25) is 0 Å². The molecule has 0 aliphatic carbocycles. The average Bonchev–Trinajstić information content (AvgIpc) is 2.20. The van der Waals surface area contributed by atoms with Gasteiger partial charge in [-0.05, 0) is 28.1 Å². The number of hydrogen-bond donors (Lipinski definition) is 0. The molecule has 4 heteroatoms. The minimum absolute atomic E-state index is 0.141. The number of ketones is 1. The Morgan fingerprint density at radius 1 is 1.47 bits per heavy atom. The van der Waals surface area contributed by atoms with Crippen LogP contribution in [0.4, 0.5) is 4.39 Å². The standard InChI is InChI=1S/C11H12BrFO2/c1-6(2)11(14)9-8(15-3)5-4-7(13)10(9)12/h4-6H,1-3H3. The summed E-state index contributed by atoms with van der Waals surface area (Å²) in [5.74, 6) is -0.406. The van der Waals surface area contributed by atoms with E-state index < -0.39 is 5.82 Å². The minimum Gasteiger partial charge on any atom is -0.496 e. The number of carbonyl (C=O) groups is 1. The first kappa shape index (κ1) is 12.2. The van der Waals surface area contributed by atoms with Gasteiger partial charge in [-0.25, -0.2) is 4.39 Å². The van der Waals surface area contributed by atoms with Crippen molar-refractivity contribution in [3.8, 4) is 5.75 Å². The molecule has 15 heavy (non-hydrogen) atoms. The van der Waals surface area contributed by atoms with Crippen molar-refractivity contribution in [3.63, 3.8) is 0 Å². The van der Waals surface area contributed by atoms with Gasteiger partial charge in [0, 0.05) is 5.92 Å². The molecule has 0 bridgehead atoms. The van der Waals surface area contributed by atoms with E-state index in [1.54, 1.807) is 13.8 Å². The monoisotopic (exact) mass is 274 g/mol. The highest BCUT2D eigenvalue weighted by molar-refractivity contribution is 9.10. The molecule has 0 fully saturated rings. The Bertz CT molecular complexity index is 388. The van der Waals surface area contributed by atoms with Crippen LogP contribution in [0.3, 0.4) is 0 Å². The zero-order valence-corrected chi connectivity index (χ0v) is 10.4. The fourth-order valence-electron chi connectivity index (χ4n) is 1.22. The lowest BCUT2D eigenvalue weighted by molar-refractivity contribution is 0.0935. The van der Waals surface area contributed by atoms with Crippen molar-refractivity contribution in [1.82, 2.24) is 0 Å². The van der Waals surface area contributed by atoms with Gasteiger partial charge in [-0.15, -0.1) is 0 Å². The second kappa shape index (κ2) is 4.75. The maximum Gasteiger partial charge on any atom is 0.170 e. The van der Waals surface area contributed by atoms with Crippen molar-refractivity contribution in [1.29, 1.82) is 0 Å². The highest BCUT2D eigenvalue weighted by Crippen LogP contribution is 2.31. The van der Waals surface area contributed by atoms with Crippen molar-refractivity contribution in [2.24, 2.45) is 5.92 Å². The van der Waals surface area contributed by atoms with E-state index in [1.165, 1.54) is 19.2 Å². The van der Waals surface area contributed by atoms with Crippen molar-refractivity contribution < 1.29 is 13.9 Å². The summed E-state index contributed by atoms with van der Waals surface area (Å²) in [6.07, 6.45) is 0. The molecule has 0 aliphatic rings. The predicted molar refractivity (Wildman–Crippen MR) is 59.8 cm³/mol. The molecule has 0 spiro atoms. The smallest absolute Gasteiger partial charge is 0.170 e. The highest BCUT2D eigenvalue weighted by Gasteiger charge is 2.21. The molecule has 2 nitrogen and oxygen atoms in total. The van der Waals surface area contributed by atoms with Crippen molar-refractivity contribution >= 4 is 21.7 Å². The van der Waals surface area contributed by atoms with Gasteiger partial charge in [-0.3, -0.25) is 4.79 Å². The fraction of sp³-hybridized carbons (Fsp3) is 0.364. The van der Waals surface area contributed by atoms with Crippen molar-refractivity contribution in [3.05, 3.63) is 28.0 Å². The molecule has 0 N–H and O–H groups in total. The van der Waals surface area contributed by atoms with Gasteiger partial charge >= 0.3 is 0 Å². The molecule has 0 aliphatic heterocycles. The zero-order valence-electron chi connectivity index (χ0n) is 8.80. The maximum absolute atomic E-state index is 13.3. The van der Waals surface area contributed by atoms with Crippen LogP contribution in [0.15, 0.2) is 16.6 Å². The van der Waals surface area contributed by atoms with Gasteiger partial charge in [0.25, 0.3) is 0 Å². The lowest BCUT2D eigenvalue weighted by Gasteiger charge is -2.11. The quantitative estimate of drug-likeness (QED) is 0.790. The Morgan fingerprint density at radius 2 is 2.07 bits per heavy atom. The highest BCUT2D eigenvalue weighted by atomic mass is 79.9. The first-order valence-corrected chi connectivity index (χ1v) is 5.34. The molecular weight excluding hydrogens is 263 g/mol. The van der Waals surface area contributed by atoms with Gasteiger partial charge in [0.05, 0.1) is 17.1 Å². The lowest BCUT2D eigenvalue weighted by atomic mass is 10.0. The van der Waals surface area contributed by atoms with E-state index in [0.717, 1.165) is 0 Å². The number of halogens is 2. The molecule has 0 heterocycles. The molecule has 0 radical (unpaired) electrons. The van der Waals surface area contributed by atoms with Crippen LogP contribution in [0, 0.1) is 11.7 Å². The Labute approximate surface area is 96.6 Å². The summed E-state index contributed by atoms with van der Waals surface area (Å²) in [6, 6.07) is 2.72. The Hall–Kier alpha value is -0.900. The van der Waals surface area contributed by atoms with E-state index in [-0.39, 0.29) is 21.7 Å². The number of carbonyl (C=O) groups excluding carboxylic acids is 1. The van der Waals surface area contributed by atoms with Gasteiger partial charge < -0.3 is 4.74 Å². The van der Waals surface area contributed by atoms with Crippen LogP contribution in [0.2, 0.25) is 0 Å². The van der Waals surface area contributed by atoms with Gasteiger partial charge in [0.15, 0.2) is 5.78 Å². The summed E-state index contributed by atoms with van der Waals surface area (Å²) in [5.41, 5.74) is 0.271. The van der Waals surface area contributed by atoms with E-state index in [0.29, 0.717) is 5.75 Å². The molecule has 0 aromatic heterocycles. The van der Waals surface area contributed by atoms with Gasteiger partial charge in [0.1, 0.15) is 11.6 Å². The summed E-state index contributed by atoms with van der Waals surface area (Å²) in [5, 5.41) is 0. The third kappa shape index (κ3) is 2.37. The zero-order chi connectivity index (χ0) is 11.6. The largest absolute Gasteiger partial charge is 0.496 e. The Kier molecular flexibility index (Phi) is 3.85. The summed E-state index contributed by atoms with van der Waals surface area (Å²) in [6.45, 7) is 3.53. The van der Waals surface area contributed by atoms with E-state index in [2.05, 4.69) is 15.9 Å². The first-order valence-electron chi connectivity index (χ1n) is 4.55. The van der Waals surface area contributed by atoms with Crippen LogP contribution in [0.5, 0.6) is 5.75 Å². The second-order valence-corrected chi connectivity index (χ2v) is 4.25. The topological polar surface area (TPSA) is 26.3 Å². The van der Waals surface area contributed by atoms with Gasteiger partial charge in [-0.2, -0.15) is 0 Å². The molecule has 0 saturated carbocycles.